The third-order valence-corrected chi connectivity index (χ3v) is 4.89. The number of hydrogen-bond donors (Lipinski definition) is 1. The predicted octanol–water partition coefficient (Wildman–Crippen LogP) is 3.41. The van der Waals surface area contributed by atoms with Gasteiger partial charge >= 0.3 is 0 Å². The van der Waals surface area contributed by atoms with E-state index in [2.05, 4.69) is 23.1 Å². The van der Waals surface area contributed by atoms with Gasteiger partial charge in [-0.3, -0.25) is 4.90 Å². The molecule has 0 atom stereocenters. The van der Waals surface area contributed by atoms with Gasteiger partial charge in [0.1, 0.15) is 11.1 Å². The van der Waals surface area contributed by atoms with Crippen molar-refractivity contribution in [3.8, 4) is 6.07 Å². The molecule has 5 heteroatoms. The molecule has 0 saturated heterocycles. The van der Waals surface area contributed by atoms with Crippen LogP contribution in [0.2, 0.25) is 5.02 Å². The van der Waals surface area contributed by atoms with Crippen LogP contribution < -0.4 is 5.73 Å². The number of nitrogens with two attached hydrogens (primary N) is 1. The Morgan fingerprint density at radius 2 is 2.10 bits per heavy atom. The quantitative estimate of drug-likeness (QED) is 0.925. The topological polar surface area (TPSA) is 53.1 Å². The molecule has 1 aromatic heterocycles. The van der Waals surface area contributed by atoms with E-state index in [4.69, 9.17) is 22.6 Å². The number of fused-ring (bicyclic) bond motifs is 1. The molecule has 102 valence electrons. The van der Waals surface area contributed by atoms with Crippen molar-refractivity contribution in [3.63, 3.8) is 0 Å². The first-order valence-corrected chi connectivity index (χ1v) is 7.63. The van der Waals surface area contributed by atoms with E-state index in [1.165, 1.54) is 10.4 Å². The van der Waals surface area contributed by atoms with Crippen molar-refractivity contribution in [2.24, 2.45) is 0 Å². The average molecular weight is 304 g/mol. The number of thiophene rings is 1. The van der Waals surface area contributed by atoms with Gasteiger partial charge in [-0.2, -0.15) is 5.26 Å². The Morgan fingerprint density at radius 3 is 2.80 bits per heavy atom. The summed E-state index contributed by atoms with van der Waals surface area (Å²) in [5.41, 5.74) is 9.01. The third kappa shape index (κ3) is 2.53. The Bertz CT molecular complexity index is 670. The highest BCUT2D eigenvalue weighted by atomic mass is 35.5. The summed E-state index contributed by atoms with van der Waals surface area (Å²) < 4.78 is 0. The molecule has 0 amide bonds. The summed E-state index contributed by atoms with van der Waals surface area (Å²) >= 11 is 7.45. The summed E-state index contributed by atoms with van der Waals surface area (Å²) in [6.07, 6.45) is 0.902. The monoisotopic (exact) mass is 303 g/mol. The SMILES string of the molecule is N#Cc1c(N)sc2c1CCN(Cc1ccc(Cl)cc1)C2. The first-order chi connectivity index (χ1) is 9.67. The number of rotatable bonds is 2. The molecule has 0 bridgehead atoms. The fraction of sp³-hybridized carbons (Fsp3) is 0.267. The molecule has 3 rings (SSSR count). The first kappa shape index (κ1) is 13.4. The lowest BCUT2D eigenvalue weighted by atomic mass is 10.0. The van der Waals surface area contributed by atoms with Crippen LogP contribution in [0.3, 0.4) is 0 Å². The van der Waals surface area contributed by atoms with Crippen LogP contribution in [0.4, 0.5) is 5.00 Å². The lowest BCUT2D eigenvalue weighted by Crippen LogP contribution is -2.29. The van der Waals surface area contributed by atoms with Gasteiger partial charge in [0, 0.05) is 29.5 Å². The van der Waals surface area contributed by atoms with Crippen molar-refractivity contribution in [2.45, 2.75) is 19.5 Å². The molecule has 0 spiro atoms. The van der Waals surface area contributed by atoms with Crippen molar-refractivity contribution in [1.29, 1.82) is 5.26 Å². The molecule has 0 aliphatic carbocycles. The van der Waals surface area contributed by atoms with E-state index in [1.54, 1.807) is 11.3 Å². The van der Waals surface area contributed by atoms with Gasteiger partial charge in [0.15, 0.2) is 0 Å². The number of nitrogens with zero attached hydrogens (tertiary/aromatic N) is 2. The van der Waals surface area contributed by atoms with Crippen LogP contribution in [0.5, 0.6) is 0 Å². The van der Waals surface area contributed by atoms with Gasteiger partial charge in [0.25, 0.3) is 0 Å². The summed E-state index contributed by atoms with van der Waals surface area (Å²) in [5, 5.41) is 10.6. The normalized spacial score (nSPS) is 14.8. The minimum absolute atomic E-state index is 0.658. The number of halogens is 1. The molecule has 2 heterocycles. The molecular weight excluding hydrogens is 290 g/mol. The Kier molecular flexibility index (Phi) is 3.66. The fourth-order valence-electron chi connectivity index (χ4n) is 2.58. The van der Waals surface area contributed by atoms with E-state index in [0.29, 0.717) is 10.6 Å². The third-order valence-electron chi connectivity index (χ3n) is 3.59. The molecular formula is C15H14ClN3S. The molecule has 1 aliphatic rings. The van der Waals surface area contributed by atoms with E-state index >= 15 is 0 Å². The second-order valence-electron chi connectivity index (χ2n) is 4.94. The highest BCUT2D eigenvalue weighted by Gasteiger charge is 2.23. The fourth-order valence-corrected chi connectivity index (χ4v) is 3.82. The maximum atomic E-state index is 9.14. The minimum atomic E-state index is 0.658. The van der Waals surface area contributed by atoms with Crippen molar-refractivity contribution >= 4 is 27.9 Å². The maximum absolute atomic E-state index is 9.14. The van der Waals surface area contributed by atoms with Gasteiger partial charge in [-0.1, -0.05) is 23.7 Å². The van der Waals surface area contributed by atoms with Gasteiger partial charge < -0.3 is 5.73 Å². The molecule has 3 nitrogen and oxygen atoms in total. The van der Waals surface area contributed by atoms with Crippen LogP contribution in [0.25, 0.3) is 0 Å². The van der Waals surface area contributed by atoms with Crippen molar-refractivity contribution < 1.29 is 0 Å². The van der Waals surface area contributed by atoms with Crippen LogP contribution >= 0.6 is 22.9 Å². The summed E-state index contributed by atoms with van der Waals surface area (Å²) in [5.74, 6) is 0. The number of anilines is 1. The molecule has 2 aromatic rings. The van der Waals surface area contributed by atoms with E-state index in [-0.39, 0.29) is 0 Å². The highest BCUT2D eigenvalue weighted by molar-refractivity contribution is 7.16. The summed E-state index contributed by atoms with van der Waals surface area (Å²) in [7, 11) is 0. The van der Waals surface area contributed by atoms with E-state index in [0.717, 1.165) is 36.6 Å². The molecule has 0 radical (unpaired) electrons. The number of nitrogen functional groups attached to an aromatic ring is 1. The molecule has 0 unspecified atom stereocenters. The number of benzene rings is 1. The van der Waals surface area contributed by atoms with Gasteiger partial charge in [0.05, 0.1) is 5.56 Å². The van der Waals surface area contributed by atoms with Gasteiger partial charge in [0.2, 0.25) is 0 Å². The standard InChI is InChI=1S/C15H14ClN3S/c16-11-3-1-10(2-4-11)8-19-6-5-12-13(7-17)15(18)20-14(12)9-19/h1-4H,5-6,8-9,18H2. The maximum Gasteiger partial charge on any atom is 0.104 e. The Morgan fingerprint density at radius 1 is 1.35 bits per heavy atom. The Labute approximate surface area is 127 Å². The summed E-state index contributed by atoms with van der Waals surface area (Å²) in [4.78, 5) is 3.61. The minimum Gasteiger partial charge on any atom is -0.389 e. The zero-order chi connectivity index (χ0) is 14.1. The van der Waals surface area contributed by atoms with Gasteiger partial charge in [-0.05, 0) is 29.7 Å². The summed E-state index contributed by atoms with van der Waals surface area (Å²) in [6, 6.07) is 10.2. The molecule has 20 heavy (non-hydrogen) atoms. The van der Waals surface area contributed by atoms with Crippen LogP contribution in [0, 0.1) is 11.3 Å². The average Bonchev–Trinajstić information content (AvgIpc) is 2.76. The highest BCUT2D eigenvalue weighted by Crippen LogP contribution is 2.34. The molecule has 1 aromatic carbocycles. The second-order valence-corrected chi connectivity index (χ2v) is 6.52. The van der Waals surface area contributed by atoms with Crippen LogP contribution in [-0.2, 0) is 19.5 Å². The van der Waals surface area contributed by atoms with Gasteiger partial charge in [-0.15, -0.1) is 11.3 Å². The number of hydrogen-bond acceptors (Lipinski definition) is 4. The predicted molar refractivity (Wildman–Crippen MR) is 82.7 cm³/mol. The van der Waals surface area contributed by atoms with Crippen LogP contribution in [0.1, 0.15) is 21.6 Å². The zero-order valence-corrected chi connectivity index (χ0v) is 12.5. The Hall–Kier alpha value is -1.54. The molecule has 0 fully saturated rings. The molecule has 1 aliphatic heterocycles. The lowest BCUT2D eigenvalue weighted by molar-refractivity contribution is 0.249. The largest absolute Gasteiger partial charge is 0.389 e. The van der Waals surface area contributed by atoms with E-state index < -0.39 is 0 Å². The smallest absolute Gasteiger partial charge is 0.104 e. The van der Waals surface area contributed by atoms with Gasteiger partial charge in [-0.25, -0.2) is 0 Å². The Balaban J connectivity index is 1.76. The lowest BCUT2D eigenvalue weighted by Gasteiger charge is -2.26. The second kappa shape index (κ2) is 5.45. The zero-order valence-electron chi connectivity index (χ0n) is 10.9. The van der Waals surface area contributed by atoms with Crippen molar-refractivity contribution in [1.82, 2.24) is 4.90 Å². The number of nitriles is 1. The first-order valence-electron chi connectivity index (χ1n) is 6.44. The molecule has 2 N–H and O–H groups in total. The van der Waals surface area contributed by atoms with Crippen molar-refractivity contribution in [2.75, 3.05) is 12.3 Å². The van der Waals surface area contributed by atoms with E-state index in [1.807, 2.05) is 12.1 Å². The van der Waals surface area contributed by atoms with Crippen LogP contribution in [-0.4, -0.2) is 11.4 Å². The molecule has 0 saturated carbocycles. The van der Waals surface area contributed by atoms with Crippen LogP contribution in [0.15, 0.2) is 24.3 Å². The van der Waals surface area contributed by atoms with Crippen molar-refractivity contribution in [3.05, 3.63) is 50.9 Å². The van der Waals surface area contributed by atoms with E-state index in [9.17, 15) is 0 Å². The summed E-state index contributed by atoms with van der Waals surface area (Å²) in [6.45, 7) is 2.73.